The van der Waals surface area contributed by atoms with Gasteiger partial charge in [-0.25, -0.2) is 8.42 Å². The summed E-state index contributed by atoms with van der Waals surface area (Å²) < 4.78 is 61.5. The molecule has 1 aromatic carbocycles. The van der Waals surface area contributed by atoms with E-state index in [9.17, 15) is 21.6 Å². The molecule has 7 heteroatoms. The number of hydrogen-bond acceptors (Lipinski definition) is 3. The Labute approximate surface area is 122 Å². The molecule has 0 spiro atoms. The van der Waals surface area contributed by atoms with Crippen molar-refractivity contribution in [3.8, 4) is 0 Å². The van der Waals surface area contributed by atoms with Crippen LogP contribution in [0.3, 0.4) is 0 Å². The normalized spacial score (nSPS) is 23.1. The predicted octanol–water partition coefficient (Wildman–Crippen LogP) is 2.85. The van der Waals surface area contributed by atoms with Crippen molar-refractivity contribution < 1.29 is 21.6 Å². The summed E-state index contributed by atoms with van der Waals surface area (Å²) in [6.07, 6.45) is -4.21. The maximum Gasteiger partial charge on any atom is 0.390 e. The lowest BCUT2D eigenvalue weighted by Crippen LogP contribution is -2.35. The molecule has 0 bridgehead atoms. The molecule has 0 saturated carbocycles. The summed E-state index contributed by atoms with van der Waals surface area (Å²) in [5.41, 5.74) is 0.519. The highest BCUT2D eigenvalue weighted by Crippen LogP contribution is 2.30. The van der Waals surface area contributed by atoms with Gasteiger partial charge >= 0.3 is 6.18 Å². The van der Waals surface area contributed by atoms with E-state index in [1.807, 2.05) is 0 Å². The summed E-state index contributed by atoms with van der Waals surface area (Å²) >= 11 is 0. The lowest BCUT2D eigenvalue weighted by Gasteiger charge is -2.22. The number of halogens is 3. The SMILES string of the molecule is O=S1(=O)CCCC1CNC(CC(F)(F)F)c1ccccc1. The fraction of sp³-hybridized carbons (Fsp3) is 0.571. The molecule has 118 valence electrons. The largest absolute Gasteiger partial charge is 0.390 e. The highest BCUT2D eigenvalue weighted by atomic mass is 32.2. The maximum absolute atomic E-state index is 12.7. The highest BCUT2D eigenvalue weighted by Gasteiger charge is 2.35. The first-order valence-electron chi connectivity index (χ1n) is 6.84. The molecule has 3 nitrogen and oxygen atoms in total. The van der Waals surface area contributed by atoms with Gasteiger partial charge in [-0.1, -0.05) is 30.3 Å². The molecule has 2 rings (SSSR count). The third-order valence-corrected chi connectivity index (χ3v) is 5.97. The molecule has 1 heterocycles. The second kappa shape index (κ2) is 6.36. The molecule has 1 N–H and O–H groups in total. The fourth-order valence-electron chi connectivity index (χ4n) is 2.59. The number of sulfone groups is 1. The first kappa shape index (κ1) is 16.3. The zero-order valence-electron chi connectivity index (χ0n) is 11.4. The van der Waals surface area contributed by atoms with E-state index in [0.29, 0.717) is 18.4 Å². The molecule has 2 atom stereocenters. The molecule has 1 aliphatic rings. The number of nitrogens with one attached hydrogen (secondary N) is 1. The van der Waals surface area contributed by atoms with Gasteiger partial charge < -0.3 is 5.32 Å². The Hall–Kier alpha value is -1.08. The summed E-state index contributed by atoms with van der Waals surface area (Å²) in [5, 5.41) is 2.22. The molecule has 1 aromatic rings. The molecule has 21 heavy (non-hydrogen) atoms. The minimum absolute atomic E-state index is 0.0674. The van der Waals surface area contributed by atoms with Crippen molar-refractivity contribution >= 4 is 9.84 Å². The molecular weight excluding hydrogens is 303 g/mol. The van der Waals surface area contributed by atoms with Gasteiger partial charge in [0.25, 0.3) is 0 Å². The number of benzene rings is 1. The summed E-state index contributed by atoms with van der Waals surface area (Å²) in [6, 6.07) is 7.40. The minimum atomic E-state index is -4.30. The molecule has 1 saturated heterocycles. The minimum Gasteiger partial charge on any atom is -0.308 e. The molecule has 2 unspecified atom stereocenters. The summed E-state index contributed by atoms with van der Waals surface area (Å²) in [6.45, 7) is 0.0674. The fourth-order valence-corrected chi connectivity index (χ4v) is 4.36. The quantitative estimate of drug-likeness (QED) is 0.907. The summed E-state index contributed by atoms with van der Waals surface area (Å²) in [4.78, 5) is 0. The average Bonchev–Trinajstić information content (AvgIpc) is 2.73. The van der Waals surface area contributed by atoms with E-state index < -0.39 is 33.7 Å². The Morgan fingerprint density at radius 3 is 2.43 bits per heavy atom. The van der Waals surface area contributed by atoms with Gasteiger partial charge in [-0.3, -0.25) is 0 Å². The number of alkyl halides is 3. The smallest absolute Gasteiger partial charge is 0.308 e. The van der Waals surface area contributed by atoms with Crippen LogP contribution >= 0.6 is 0 Å². The van der Waals surface area contributed by atoms with E-state index in [1.165, 1.54) is 0 Å². The van der Waals surface area contributed by atoms with Crippen LogP contribution in [0.2, 0.25) is 0 Å². The van der Waals surface area contributed by atoms with Crippen LogP contribution in [0, 0.1) is 0 Å². The third-order valence-electron chi connectivity index (χ3n) is 3.69. The van der Waals surface area contributed by atoms with Gasteiger partial charge in [0.1, 0.15) is 0 Å². The van der Waals surface area contributed by atoms with Crippen LogP contribution in [-0.2, 0) is 9.84 Å². The second-order valence-corrected chi connectivity index (χ2v) is 7.72. The topological polar surface area (TPSA) is 46.2 Å². The lowest BCUT2D eigenvalue weighted by molar-refractivity contribution is -0.140. The molecule has 0 aromatic heterocycles. The van der Waals surface area contributed by atoms with Gasteiger partial charge in [0.2, 0.25) is 0 Å². The van der Waals surface area contributed by atoms with E-state index in [-0.39, 0.29) is 12.3 Å². The zero-order chi connectivity index (χ0) is 15.5. The van der Waals surface area contributed by atoms with Gasteiger partial charge in [0.15, 0.2) is 9.84 Å². The standard InChI is InChI=1S/C14H18F3NO2S/c15-14(16,17)9-13(11-5-2-1-3-6-11)18-10-12-7-4-8-21(12,19)20/h1-3,5-6,12-13,18H,4,7-10H2. The Morgan fingerprint density at radius 2 is 1.90 bits per heavy atom. The van der Waals surface area contributed by atoms with Crippen molar-refractivity contribution in [1.82, 2.24) is 5.32 Å². The molecule has 1 aliphatic heterocycles. The highest BCUT2D eigenvalue weighted by molar-refractivity contribution is 7.92. The van der Waals surface area contributed by atoms with Crippen molar-refractivity contribution in [2.24, 2.45) is 0 Å². The predicted molar refractivity (Wildman–Crippen MR) is 74.7 cm³/mol. The van der Waals surface area contributed by atoms with Gasteiger partial charge in [-0.15, -0.1) is 0 Å². The van der Waals surface area contributed by atoms with E-state index in [4.69, 9.17) is 0 Å². The monoisotopic (exact) mass is 321 g/mol. The van der Waals surface area contributed by atoms with Crippen LogP contribution in [0.25, 0.3) is 0 Å². The van der Waals surface area contributed by atoms with Crippen LogP contribution in [0.15, 0.2) is 30.3 Å². The molecule has 0 radical (unpaired) electrons. The van der Waals surface area contributed by atoms with Crippen molar-refractivity contribution in [2.75, 3.05) is 12.3 Å². The van der Waals surface area contributed by atoms with Crippen molar-refractivity contribution in [1.29, 1.82) is 0 Å². The number of hydrogen-bond donors (Lipinski definition) is 1. The van der Waals surface area contributed by atoms with Crippen LogP contribution in [0.1, 0.15) is 30.9 Å². The molecule has 1 fully saturated rings. The van der Waals surface area contributed by atoms with Gasteiger partial charge in [0, 0.05) is 12.6 Å². The van der Waals surface area contributed by atoms with E-state index in [1.54, 1.807) is 30.3 Å². The van der Waals surface area contributed by atoms with Crippen LogP contribution in [0.4, 0.5) is 13.2 Å². The van der Waals surface area contributed by atoms with Gasteiger partial charge in [-0.05, 0) is 18.4 Å². The maximum atomic E-state index is 12.7. The average molecular weight is 321 g/mol. The second-order valence-electron chi connectivity index (χ2n) is 5.32. The summed E-state index contributed by atoms with van der Waals surface area (Å²) in [5.74, 6) is 0.134. The van der Waals surface area contributed by atoms with Gasteiger partial charge in [0.05, 0.1) is 17.4 Å². The van der Waals surface area contributed by atoms with Crippen molar-refractivity contribution in [2.45, 2.75) is 36.7 Å². The van der Waals surface area contributed by atoms with Crippen molar-refractivity contribution in [3.05, 3.63) is 35.9 Å². The Balaban J connectivity index is 2.06. The van der Waals surface area contributed by atoms with Crippen molar-refractivity contribution in [3.63, 3.8) is 0 Å². The Kier molecular flexibility index (Phi) is 4.93. The van der Waals surface area contributed by atoms with Crippen LogP contribution in [0.5, 0.6) is 0 Å². The van der Waals surface area contributed by atoms with Crippen LogP contribution < -0.4 is 5.32 Å². The summed E-state index contributed by atoms with van der Waals surface area (Å²) in [7, 11) is -3.15. The first-order chi connectivity index (χ1) is 9.78. The third kappa shape index (κ3) is 4.71. The van der Waals surface area contributed by atoms with Crippen LogP contribution in [-0.4, -0.2) is 32.1 Å². The molecular formula is C14H18F3NO2S. The first-order valence-corrected chi connectivity index (χ1v) is 8.56. The number of rotatable bonds is 5. The molecule has 0 aliphatic carbocycles. The zero-order valence-corrected chi connectivity index (χ0v) is 12.3. The molecule has 0 amide bonds. The van der Waals surface area contributed by atoms with E-state index in [2.05, 4.69) is 5.32 Å². The van der Waals surface area contributed by atoms with E-state index >= 15 is 0 Å². The lowest BCUT2D eigenvalue weighted by atomic mass is 10.0. The Bertz CT molecular complexity index is 557. The Morgan fingerprint density at radius 1 is 1.24 bits per heavy atom. The van der Waals surface area contributed by atoms with Gasteiger partial charge in [-0.2, -0.15) is 13.2 Å². The van der Waals surface area contributed by atoms with E-state index in [0.717, 1.165) is 0 Å².